The minimum Gasteiger partial charge on any atom is -0.364 e. The molecule has 1 heterocycles. The molecule has 0 amide bonds. The zero-order valence-electron chi connectivity index (χ0n) is 7.26. The molecular weight excluding hydrogens is 142 g/mol. The van der Waals surface area contributed by atoms with E-state index in [1.165, 1.54) is 20.0 Å². The SMILES string of the molecule is COC(C)(O)C1CCCCN1. The van der Waals surface area contributed by atoms with E-state index in [1.807, 2.05) is 0 Å². The minimum absolute atomic E-state index is 0.0984. The Kier molecular flexibility index (Phi) is 2.87. The molecule has 0 aliphatic carbocycles. The van der Waals surface area contributed by atoms with E-state index < -0.39 is 5.79 Å². The van der Waals surface area contributed by atoms with Gasteiger partial charge in [0.15, 0.2) is 5.79 Å². The molecular formula is C8H17NO2. The van der Waals surface area contributed by atoms with E-state index in [0.717, 1.165) is 13.0 Å². The minimum atomic E-state index is -1.000. The normalized spacial score (nSPS) is 31.4. The van der Waals surface area contributed by atoms with Crippen molar-refractivity contribution in [1.29, 1.82) is 0 Å². The van der Waals surface area contributed by atoms with Crippen molar-refractivity contribution < 1.29 is 9.84 Å². The number of methoxy groups -OCH3 is 1. The van der Waals surface area contributed by atoms with E-state index >= 15 is 0 Å². The van der Waals surface area contributed by atoms with Crippen molar-refractivity contribution in [1.82, 2.24) is 5.32 Å². The van der Waals surface area contributed by atoms with Crippen LogP contribution in [0.4, 0.5) is 0 Å². The number of nitrogens with one attached hydrogen (secondary N) is 1. The van der Waals surface area contributed by atoms with Crippen LogP contribution in [0.5, 0.6) is 0 Å². The van der Waals surface area contributed by atoms with Gasteiger partial charge in [0.05, 0.1) is 6.04 Å². The first-order chi connectivity index (χ1) is 5.17. The van der Waals surface area contributed by atoms with Crippen molar-refractivity contribution in [3.63, 3.8) is 0 Å². The maximum absolute atomic E-state index is 9.66. The summed E-state index contributed by atoms with van der Waals surface area (Å²) in [5, 5.41) is 12.9. The van der Waals surface area contributed by atoms with Crippen molar-refractivity contribution >= 4 is 0 Å². The Morgan fingerprint density at radius 3 is 2.73 bits per heavy atom. The van der Waals surface area contributed by atoms with Gasteiger partial charge in [-0.25, -0.2) is 0 Å². The summed E-state index contributed by atoms with van der Waals surface area (Å²) in [6, 6.07) is 0.0984. The molecule has 1 saturated heterocycles. The maximum Gasteiger partial charge on any atom is 0.177 e. The number of ether oxygens (including phenoxy) is 1. The van der Waals surface area contributed by atoms with Gasteiger partial charge >= 0.3 is 0 Å². The Morgan fingerprint density at radius 2 is 2.27 bits per heavy atom. The van der Waals surface area contributed by atoms with Crippen LogP contribution in [0.25, 0.3) is 0 Å². The van der Waals surface area contributed by atoms with Crippen molar-refractivity contribution in [3.8, 4) is 0 Å². The molecule has 1 aliphatic heterocycles. The molecule has 0 radical (unpaired) electrons. The van der Waals surface area contributed by atoms with Gasteiger partial charge in [0.25, 0.3) is 0 Å². The van der Waals surface area contributed by atoms with Gasteiger partial charge in [0.2, 0.25) is 0 Å². The van der Waals surface area contributed by atoms with E-state index in [0.29, 0.717) is 0 Å². The highest BCUT2D eigenvalue weighted by atomic mass is 16.6. The molecule has 0 aromatic heterocycles. The average Bonchev–Trinajstić information content (AvgIpc) is 2.06. The fourth-order valence-corrected chi connectivity index (χ4v) is 1.45. The zero-order chi connectivity index (χ0) is 8.32. The summed E-state index contributed by atoms with van der Waals surface area (Å²) in [7, 11) is 1.54. The summed E-state index contributed by atoms with van der Waals surface area (Å²) in [6.45, 7) is 2.69. The van der Waals surface area contributed by atoms with Crippen LogP contribution in [0.15, 0.2) is 0 Å². The molecule has 2 unspecified atom stereocenters. The Bertz CT molecular complexity index is 119. The number of piperidine rings is 1. The monoisotopic (exact) mass is 159 g/mol. The molecule has 3 nitrogen and oxygen atoms in total. The first kappa shape index (κ1) is 8.97. The molecule has 0 saturated carbocycles. The topological polar surface area (TPSA) is 41.5 Å². The van der Waals surface area contributed by atoms with Gasteiger partial charge in [-0.05, 0) is 26.3 Å². The van der Waals surface area contributed by atoms with Gasteiger partial charge in [-0.15, -0.1) is 0 Å². The molecule has 11 heavy (non-hydrogen) atoms. The van der Waals surface area contributed by atoms with Crippen LogP contribution in [0, 0.1) is 0 Å². The van der Waals surface area contributed by atoms with Crippen LogP contribution in [-0.2, 0) is 4.74 Å². The van der Waals surface area contributed by atoms with Crippen LogP contribution >= 0.6 is 0 Å². The maximum atomic E-state index is 9.66. The highest BCUT2D eigenvalue weighted by Crippen LogP contribution is 2.18. The van der Waals surface area contributed by atoms with E-state index in [4.69, 9.17) is 4.74 Å². The highest BCUT2D eigenvalue weighted by Gasteiger charge is 2.32. The highest BCUT2D eigenvalue weighted by molar-refractivity contribution is 4.82. The summed E-state index contributed by atoms with van der Waals surface area (Å²) < 4.78 is 4.97. The predicted molar refractivity (Wildman–Crippen MR) is 43.3 cm³/mol. The molecule has 1 rings (SSSR count). The largest absolute Gasteiger partial charge is 0.364 e. The van der Waals surface area contributed by atoms with Gasteiger partial charge in [-0.3, -0.25) is 0 Å². The summed E-state index contributed by atoms with van der Waals surface area (Å²) in [6.07, 6.45) is 3.38. The molecule has 0 bridgehead atoms. The molecule has 2 atom stereocenters. The van der Waals surface area contributed by atoms with Gasteiger partial charge in [0.1, 0.15) is 0 Å². The summed E-state index contributed by atoms with van der Waals surface area (Å²) in [5.41, 5.74) is 0. The first-order valence-corrected chi connectivity index (χ1v) is 4.18. The molecule has 3 heteroatoms. The zero-order valence-corrected chi connectivity index (χ0v) is 7.26. The van der Waals surface area contributed by atoms with Crippen LogP contribution < -0.4 is 5.32 Å². The van der Waals surface area contributed by atoms with E-state index in [2.05, 4.69) is 5.32 Å². The number of aliphatic hydroxyl groups is 1. The number of rotatable bonds is 2. The predicted octanol–water partition coefficient (Wildman–Crippen LogP) is 0.483. The van der Waals surface area contributed by atoms with Gasteiger partial charge < -0.3 is 15.2 Å². The molecule has 1 fully saturated rings. The lowest BCUT2D eigenvalue weighted by atomic mass is 9.98. The molecule has 0 spiro atoms. The lowest BCUT2D eigenvalue weighted by Gasteiger charge is -2.34. The lowest BCUT2D eigenvalue weighted by molar-refractivity contribution is -0.194. The summed E-state index contributed by atoms with van der Waals surface area (Å²) in [4.78, 5) is 0. The van der Waals surface area contributed by atoms with Crippen LogP contribution in [-0.4, -0.2) is 30.6 Å². The third kappa shape index (κ3) is 2.15. The Balaban J connectivity index is 2.43. The van der Waals surface area contributed by atoms with Crippen molar-refractivity contribution in [2.24, 2.45) is 0 Å². The second-order valence-electron chi connectivity index (χ2n) is 3.26. The molecule has 0 aromatic carbocycles. The third-order valence-electron chi connectivity index (χ3n) is 2.37. The van der Waals surface area contributed by atoms with Crippen molar-refractivity contribution in [2.75, 3.05) is 13.7 Å². The van der Waals surface area contributed by atoms with Gasteiger partial charge in [-0.1, -0.05) is 6.42 Å². The standard InChI is InChI=1S/C8H17NO2/c1-8(10,11-2)7-5-3-4-6-9-7/h7,9-10H,3-6H2,1-2H3. The van der Waals surface area contributed by atoms with Crippen LogP contribution in [0.1, 0.15) is 26.2 Å². The summed E-state index contributed by atoms with van der Waals surface area (Å²) >= 11 is 0. The second kappa shape index (κ2) is 3.52. The van der Waals surface area contributed by atoms with E-state index in [9.17, 15) is 5.11 Å². The Morgan fingerprint density at radius 1 is 1.55 bits per heavy atom. The van der Waals surface area contributed by atoms with E-state index in [1.54, 1.807) is 6.92 Å². The lowest BCUT2D eigenvalue weighted by Crippen LogP contribution is -2.52. The van der Waals surface area contributed by atoms with Crippen molar-refractivity contribution in [2.45, 2.75) is 38.0 Å². The van der Waals surface area contributed by atoms with Gasteiger partial charge in [0, 0.05) is 7.11 Å². The molecule has 66 valence electrons. The Labute approximate surface area is 67.7 Å². The molecule has 2 N–H and O–H groups in total. The van der Waals surface area contributed by atoms with Crippen LogP contribution in [0.3, 0.4) is 0 Å². The van der Waals surface area contributed by atoms with Gasteiger partial charge in [-0.2, -0.15) is 0 Å². The fraction of sp³-hybridized carbons (Fsp3) is 1.00. The number of hydrogen-bond donors (Lipinski definition) is 2. The number of hydrogen-bond acceptors (Lipinski definition) is 3. The Hall–Kier alpha value is -0.120. The average molecular weight is 159 g/mol. The van der Waals surface area contributed by atoms with Crippen molar-refractivity contribution in [3.05, 3.63) is 0 Å². The second-order valence-corrected chi connectivity index (χ2v) is 3.26. The smallest absolute Gasteiger partial charge is 0.177 e. The summed E-state index contributed by atoms with van der Waals surface area (Å²) in [5.74, 6) is -1.000. The molecule has 1 aliphatic rings. The van der Waals surface area contributed by atoms with E-state index in [-0.39, 0.29) is 6.04 Å². The fourth-order valence-electron chi connectivity index (χ4n) is 1.45. The quantitative estimate of drug-likeness (QED) is 0.576. The first-order valence-electron chi connectivity index (χ1n) is 4.18. The molecule has 0 aromatic rings. The third-order valence-corrected chi connectivity index (χ3v) is 2.37. The van der Waals surface area contributed by atoms with Crippen LogP contribution in [0.2, 0.25) is 0 Å².